The van der Waals surface area contributed by atoms with Crippen LogP contribution in [-0.2, 0) is 23.6 Å². The minimum atomic E-state index is -2.41. The standard InChI is InChI=1S/C62H41N3P2S2/c68-66(45-17-5-1-6-18-45,46-19-7-2-8-20-46)49-32-37-57(63-41-49)44-30-33-51-42(39-44)29-34-55-53-26-14-16-28-56(53)62-64-58-36-31-43(40-59(58)65(62)61(51)55)50-35-38-60(54-27-15-13-25-52(50)54)67(69,47-21-9-3-10-22-47)48-23-11-4-12-24-48/h1-41H. The van der Waals surface area contributed by atoms with Crippen LogP contribution in [0.4, 0.5) is 0 Å². The topological polar surface area (TPSA) is 30.2 Å². The van der Waals surface area contributed by atoms with E-state index in [0.717, 1.165) is 76.7 Å². The quantitative estimate of drug-likeness (QED) is 0.112. The van der Waals surface area contributed by atoms with Gasteiger partial charge >= 0.3 is 0 Å². The molecule has 0 aliphatic carbocycles. The van der Waals surface area contributed by atoms with Crippen molar-refractivity contribution in [3.05, 3.63) is 249 Å². The van der Waals surface area contributed by atoms with Crippen LogP contribution < -0.4 is 31.8 Å². The van der Waals surface area contributed by atoms with Crippen LogP contribution in [0.25, 0.3) is 82.3 Å². The van der Waals surface area contributed by atoms with Crippen molar-refractivity contribution >= 4 is 127 Å². The number of rotatable bonds is 8. The predicted octanol–water partition coefficient (Wildman–Crippen LogP) is 13.3. The predicted molar refractivity (Wildman–Crippen MR) is 304 cm³/mol. The summed E-state index contributed by atoms with van der Waals surface area (Å²) in [6.07, 6.45) is 2.00. The van der Waals surface area contributed by atoms with E-state index in [0.29, 0.717) is 0 Å². The highest BCUT2D eigenvalue weighted by Crippen LogP contribution is 2.47. The molecule has 0 radical (unpaired) electrons. The summed E-state index contributed by atoms with van der Waals surface area (Å²) in [5, 5.41) is 15.1. The maximum absolute atomic E-state index is 6.90. The summed E-state index contributed by atoms with van der Waals surface area (Å²) in [5.74, 6) is 0. The van der Waals surface area contributed by atoms with Crippen LogP contribution in [0.15, 0.2) is 249 Å². The van der Waals surface area contributed by atoms with Crippen LogP contribution in [0, 0.1) is 0 Å². The van der Waals surface area contributed by atoms with E-state index in [-0.39, 0.29) is 0 Å². The van der Waals surface area contributed by atoms with Gasteiger partial charge < -0.3 is 0 Å². The average Bonchev–Trinajstić information content (AvgIpc) is 3.82. The number of fused-ring (bicyclic) bond motifs is 11. The third kappa shape index (κ3) is 6.68. The average molecular weight is 954 g/mol. The summed E-state index contributed by atoms with van der Waals surface area (Å²) in [5.41, 5.74) is 8.34. The van der Waals surface area contributed by atoms with Gasteiger partial charge in [0.1, 0.15) is 5.65 Å². The van der Waals surface area contributed by atoms with Crippen molar-refractivity contribution in [3.8, 4) is 22.4 Å². The summed E-state index contributed by atoms with van der Waals surface area (Å²) in [6, 6.07) is 82.1. The SMILES string of the molecule is S=P(c1ccccc1)(c1ccccc1)c1ccc(-c2ccc3c(ccc4c5ccccc5c5nc6ccc(-c7ccc(P(=S)(c8ccccc8)c8ccccc8)c8ccccc78)cc6n5c34)c2)nc1. The van der Waals surface area contributed by atoms with Gasteiger partial charge in [-0.3, -0.25) is 9.38 Å². The molecule has 326 valence electrons. The summed E-state index contributed by atoms with van der Waals surface area (Å²) in [6.45, 7) is 0. The van der Waals surface area contributed by atoms with Gasteiger partial charge in [0.15, 0.2) is 0 Å². The molecule has 7 heteroatoms. The van der Waals surface area contributed by atoms with Crippen LogP contribution in [0.5, 0.6) is 0 Å². The monoisotopic (exact) mass is 953 g/mol. The lowest BCUT2D eigenvalue weighted by atomic mass is 9.97. The highest BCUT2D eigenvalue weighted by atomic mass is 32.4. The molecule has 0 saturated carbocycles. The first-order valence-corrected chi connectivity index (χ1v) is 28.7. The van der Waals surface area contributed by atoms with Gasteiger partial charge in [-0.15, -0.1) is 0 Å². The molecule has 69 heavy (non-hydrogen) atoms. The summed E-state index contributed by atoms with van der Waals surface area (Å²) in [7, 11) is 0. The number of pyridine rings is 2. The molecule has 0 saturated heterocycles. The molecule has 10 aromatic carbocycles. The first-order chi connectivity index (χ1) is 34.0. The van der Waals surface area contributed by atoms with Crippen LogP contribution in [-0.4, -0.2) is 14.4 Å². The van der Waals surface area contributed by atoms with E-state index >= 15 is 0 Å². The van der Waals surface area contributed by atoms with Gasteiger partial charge in [-0.2, -0.15) is 0 Å². The Morgan fingerprint density at radius 2 is 0.928 bits per heavy atom. The molecule has 3 heterocycles. The first-order valence-electron chi connectivity index (χ1n) is 23.1. The Bertz CT molecular complexity index is 4150. The third-order valence-electron chi connectivity index (χ3n) is 13.8. The molecule has 0 bridgehead atoms. The van der Waals surface area contributed by atoms with Crippen molar-refractivity contribution in [2.45, 2.75) is 0 Å². The third-order valence-corrected chi connectivity index (χ3v) is 23.7. The van der Waals surface area contributed by atoms with Crippen LogP contribution >= 0.6 is 12.1 Å². The lowest BCUT2D eigenvalue weighted by Gasteiger charge is -2.26. The van der Waals surface area contributed by atoms with E-state index in [2.05, 4.69) is 235 Å². The fourth-order valence-electron chi connectivity index (χ4n) is 10.5. The minimum absolute atomic E-state index is 0.908. The number of hydrogen-bond acceptors (Lipinski definition) is 4. The summed E-state index contributed by atoms with van der Waals surface area (Å²) < 4.78 is 2.40. The molecule has 3 aromatic heterocycles. The molecule has 3 nitrogen and oxygen atoms in total. The van der Waals surface area contributed by atoms with Crippen molar-refractivity contribution in [3.63, 3.8) is 0 Å². The van der Waals surface area contributed by atoms with Crippen LogP contribution in [0.1, 0.15) is 0 Å². The Kier molecular flexibility index (Phi) is 10.1. The molecule has 13 rings (SSSR count). The van der Waals surface area contributed by atoms with E-state index in [1.54, 1.807) is 0 Å². The van der Waals surface area contributed by atoms with Gasteiger partial charge in [0.25, 0.3) is 0 Å². The molecule has 0 spiro atoms. The normalized spacial score (nSPS) is 12.2. The van der Waals surface area contributed by atoms with Crippen molar-refractivity contribution in [1.29, 1.82) is 0 Å². The molecule has 13 aromatic rings. The van der Waals surface area contributed by atoms with Gasteiger partial charge in [0.05, 0.1) is 22.2 Å². The number of hydrogen-bond donors (Lipinski definition) is 0. The Morgan fingerprint density at radius 1 is 0.377 bits per heavy atom. The number of nitrogens with zero attached hydrogens (tertiary/aromatic N) is 3. The highest BCUT2D eigenvalue weighted by Gasteiger charge is 2.28. The zero-order valence-corrected chi connectivity index (χ0v) is 40.6. The van der Waals surface area contributed by atoms with Gasteiger partial charge in [-0.05, 0) is 84.2 Å². The van der Waals surface area contributed by atoms with Gasteiger partial charge in [0, 0.05) is 50.6 Å². The molecule has 0 amide bonds. The molecule has 0 aliphatic rings. The number of benzene rings is 10. The second kappa shape index (κ2) is 16.7. The summed E-state index contributed by atoms with van der Waals surface area (Å²) in [4.78, 5) is 10.5. The van der Waals surface area contributed by atoms with Gasteiger partial charge in [0.2, 0.25) is 0 Å². The lowest BCUT2D eigenvalue weighted by Crippen LogP contribution is -2.25. The molecule has 0 fully saturated rings. The van der Waals surface area contributed by atoms with Gasteiger partial charge in [-0.25, -0.2) is 4.98 Å². The largest absolute Gasteiger partial charge is 0.291 e. The van der Waals surface area contributed by atoms with E-state index < -0.39 is 12.1 Å². The van der Waals surface area contributed by atoms with E-state index in [9.17, 15) is 0 Å². The maximum Gasteiger partial charge on any atom is 0.146 e. The Morgan fingerprint density at radius 3 is 1.55 bits per heavy atom. The molecule has 0 aliphatic heterocycles. The number of imidazole rings is 1. The van der Waals surface area contributed by atoms with Crippen molar-refractivity contribution < 1.29 is 0 Å². The Hall–Kier alpha value is -7.36. The molecule has 0 unspecified atom stereocenters. The molecular weight excluding hydrogens is 913 g/mol. The first kappa shape index (κ1) is 41.8. The number of aromatic nitrogens is 3. The second-order valence-electron chi connectivity index (χ2n) is 17.6. The highest BCUT2D eigenvalue weighted by molar-refractivity contribution is 8.26. The van der Waals surface area contributed by atoms with Crippen LogP contribution in [0.3, 0.4) is 0 Å². The van der Waals surface area contributed by atoms with Crippen molar-refractivity contribution in [2.24, 2.45) is 0 Å². The van der Waals surface area contributed by atoms with Crippen molar-refractivity contribution in [2.75, 3.05) is 0 Å². The lowest BCUT2D eigenvalue weighted by molar-refractivity contribution is 1.32. The van der Waals surface area contributed by atoms with E-state index in [1.807, 2.05) is 18.3 Å². The minimum Gasteiger partial charge on any atom is -0.291 e. The maximum atomic E-state index is 6.90. The molecule has 0 N–H and O–H groups in total. The fraction of sp³-hybridized carbons (Fsp3) is 0. The fourth-order valence-corrected chi connectivity index (χ4v) is 18.2. The Balaban J connectivity index is 0.971. The zero-order chi connectivity index (χ0) is 46.1. The molecule has 0 atom stereocenters. The van der Waals surface area contributed by atoms with E-state index in [4.69, 9.17) is 33.6 Å². The smallest absolute Gasteiger partial charge is 0.146 e. The van der Waals surface area contributed by atoms with Crippen LogP contribution in [0.2, 0.25) is 0 Å². The Labute approximate surface area is 410 Å². The summed E-state index contributed by atoms with van der Waals surface area (Å²) >= 11 is 13.5. The van der Waals surface area contributed by atoms with E-state index in [1.165, 1.54) is 37.5 Å². The van der Waals surface area contributed by atoms with Crippen molar-refractivity contribution in [1.82, 2.24) is 14.4 Å². The second-order valence-corrected chi connectivity index (χ2v) is 26.3. The zero-order valence-electron chi connectivity index (χ0n) is 37.2. The molecular formula is C62H41N3P2S2. The van der Waals surface area contributed by atoms with Gasteiger partial charge in [-0.1, -0.05) is 236 Å².